The Labute approximate surface area is 101 Å². The first-order chi connectivity index (χ1) is 8.12. The lowest BCUT2D eigenvalue weighted by atomic mass is 9.94. The van der Waals surface area contributed by atoms with Crippen molar-refractivity contribution in [1.29, 1.82) is 0 Å². The molecule has 0 aliphatic carbocycles. The van der Waals surface area contributed by atoms with Crippen molar-refractivity contribution >= 4 is 11.5 Å². The zero-order valence-corrected chi connectivity index (χ0v) is 10.5. The Morgan fingerprint density at radius 1 is 1.41 bits per heavy atom. The predicted octanol–water partition coefficient (Wildman–Crippen LogP) is 1.03. The molecule has 0 aromatic carbocycles. The Hall–Kier alpha value is -1.56. The summed E-state index contributed by atoms with van der Waals surface area (Å²) >= 11 is 0. The minimum Gasteiger partial charge on any atom is -0.479 e. The zero-order chi connectivity index (χ0) is 12.9. The lowest BCUT2D eigenvalue weighted by molar-refractivity contribution is 0.202. The highest BCUT2D eigenvalue weighted by Crippen LogP contribution is 2.28. The van der Waals surface area contributed by atoms with Crippen LogP contribution in [0, 0.1) is 0 Å². The molecule has 0 unspecified atom stereocenters. The second-order valence-electron chi connectivity index (χ2n) is 3.92. The highest BCUT2D eigenvalue weighted by atomic mass is 16.5. The van der Waals surface area contributed by atoms with Crippen molar-refractivity contribution in [2.24, 2.45) is 0 Å². The maximum atomic E-state index is 9.48. The summed E-state index contributed by atoms with van der Waals surface area (Å²) in [5.41, 5.74) is 5.82. The van der Waals surface area contributed by atoms with Gasteiger partial charge in [0.25, 0.3) is 0 Å². The number of nitrogen functional groups attached to an aromatic ring is 1. The van der Waals surface area contributed by atoms with E-state index >= 15 is 0 Å². The van der Waals surface area contributed by atoms with Crippen LogP contribution in [0.15, 0.2) is 6.33 Å². The summed E-state index contributed by atoms with van der Waals surface area (Å²) in [5.74, 6) is 0.830. The molecule has 0 bridgehead atoms. The zero-order valence-electron chi connectivity index (χ0n) is 10.5. The number of nitrogens with zero attached hydrogens (tertiary/aromatic N) is 2. The van der Waals surface area contributed by atoms with E-state index in [0.29, 0.717) is 17.4 Å². The van der Waals surface area contributed by atoms with Gasteiger partial charge in [0, 0.05) is 0 Å². The monoisotopic (exact) mass is 240 g/mol. The topological polar surface area (TPSA) is 93.3 Å². The summed E-state index contributed by atoms with van der Waals surface area (Å²) in [4.78, 5) is 7.98. The molecule has 0 fully saturated rings. The van der Waals surface area contributed by atoms with Gasteiger partial charge in [-0.15, -0.1) is 0 Å². The Morgan fingerprint density at radius 2 is 2.06 bits per heavy atom. The van der Waals surface area contributed by atoms with E-state index in [4.69, 9.17) is 10.5 Å². The highest BCUT2D eigenvalue weighted by molar-refractivity contribution is 5.67. The predicted molar refractivity (Wildman–Crippen MR) is 67.0 cm³/mol. The number of aliphatic hydroxyl groups excluding tert-OH is 1. The molecule has 6 nitrogen and oxygen atoms in total. The fraction of sp³-hybridized carbons (Fsp3) is 0.636. The van der Waals surface area contributed by atoms with Crippen LogP contribution >= 0.6 is 0 Å². The molecule has 1 aromatic rings. The SMILES string of the molecule is CCC(CC)(CO)Nc1ncnc(OC)c1N. The summed E-state index contributed by atoms with van der Waals surface area (Å²) in [7, 11) is 1.50. The standard InChI is InChI=1S/C11H20N4O2/c1-4-11(5-2,6-16)15-9-8(12)10(17-3)14-7-13-9/h7,16H,4-6,12H2,1-3H3,(H,13,14,15). The van der Waals surface area contributed by atoms with Gasteiger partial charge in [0.1, 0.15) is 12.0 Å². The summed E-state index contributed by atoms with van der Waals surface area (Å²) in [5, 5.41) is 12.7. The fourth-order valence-corrected chi connectivity index (χ4v) is 1.58. The van der Waals surface area contributed by atoms with Gasteiger partial charge in [-0.1, -0.05) is 13.8 Å². The van der Waals surface area contributed by atoms with Crippen LogP contribution in [-0.2, 0) is 0 Å². The molecule has 0 atom stereocenters. The second-order valence-corrected chi connectivity index (χ2v) is 3.92. The van der Waals surface area contributed by atoms with Gasteiger partial charge in [-0.05, 0) is 12.8 Å². The van der Waals surface area contributed by atoms with E-state index in [9.17, 15) is 5.11 Å². The van der Waals surface area contributed by atoms with Crippen molar-refractivity contribution in [2.75, 3.05) is 24.8 Å². The number of anilines is 2. The molecule has 0 aliphatic rings. The molecule has 1 rings (SSSR count). The number of nitrogens with two attached hydrogens (primary N) is 1. The van der Waals surface area contributed by atoms with Gasteiger partial charge in [-0.3, -0.25) is 0 Å². The molecule has 0 saturated heterocycles. The van der Waals surface area contributed by atoms with Crippen LogP contribution in [0.25, 0.3) is 0 Å². The molecule has 0 saturated carbocycles. The van der Waals surface area contributed by atoms with Crippen molar-refractivity contribution in [2.45, 2.75) is 32.2 Å². The van der Waals surface area contributed by atoms with Gasteiger partial charge in [0.2, 0.25) is 5.88 Å². The van der Waals surface area contributed by atoms with Crippen molar-refractivity contribution in [3.05, 3.63) is 6.33 Å². The molecular weight excluding hydrogens is 220 g/mol. The minimum atomic E-state index is -0.409. The molecule has 0 spiro atoms. The molecule has 1 heterocycles. The highest BCUT2D eigenvalue weighted by Gasteiger charge is 2.26. The Bertz CT molecular complexity index is 358. The number of rotatable bonds is 6. The Balaban J connectivity index is 3.01. The van der Waals surface area contributed by atoms with Crippen LogP contribution in [0.3, 0.4) is 0 Å². The molecule has 0 aliphatic heterocycles. The number of hydrogen-bond donors (Lipinski definition) is 3. The van der Waals surface area contributed by atoms with Crippen LogP contribution in [0.1, 0.15) is 26.7 Å². The van der Waals surface area contributed by atoms with Gasteiger partial charge < -0.3 is 20.9 Å². The normalized spacial score (nSPS) is 11.3. The molecule has 17 heavy (non-hydrogen) atoms. The molecule has 6 heteroatoms. The number of hydrogen-bond acceptors (Lipinski definition) is 6. The number of nitrogens with one attached hydrogen (secondary N) is 1. The van der Waals surface area contributed by atoms with E-state index in [1.54, 1.807) is 0 Å². The summed E-state index contributed by atoms with van der Waals surface area (Å²) in [6.07, 6.45) is 2.92. The van der Waals surface area contributed by atoms with Gasteiger partial charge in [0.05, 0.1) is 19.3 Å². The van der Waals surface area contributed by atoms with E-state index in [-0.39, 0.29) is 6.61 Å². The van der Waals surface area contributed by atoms with Crippen molar-refractivity contribution in [1.82, 2.24) is 9.97 Å². The van der Waals surface area contributed by atoms with Crippen LogP contribution in [0.2, 0.25) is 0 Å². The largest absolute Gasteiger partial charge is 0.479 e. The second kappa shape index (κ2) is 5.67. The van der Waals surface area contributed by atoms with Gasteiger partial charge in [-0.2, -0.15) is 4.98 Å². The molecule has 96 valence electrons. The lowest BCUT2D eigenvalue weighted by Gasteiger charge is -2.31. The quantitative estimate of drug-likeness (QED) is 0.687. The molecule has 4 N–H and O–H groups in total. The van der Waals surface area contributed by atoms with Crippen molar-refractivity contribution in [3.63, 3.8) is 0 Å². The van der Waals surface area contributed by atoms with E-state index in [0.717, 1.165) is 12.8 Å². The number of ether oxygens (including phenoxy) is 1. The van der Waals surface area contributed by atoms with Gasteiger partial charge >= 0.3 is 0 Å². The fourth-order valence-electron chi connectivity index (χ4n) is 1.58. The summed E-state index contributed by atoms with van der Waals surface area (Å²) < 4.78 is 5.02. The van der Waals surface area contributed by atoms with Crippen LogP contribution < -0.4 is 15.8 Å². The van der Waals surface area contributed by atoms with Crippen LogP contribution in [0.5, 0.6) is 5.88 Å². The lowest BCUT2D eigenvalue weighted by Crippen LogP contribution is -2.41. The first-order valence-electron chi connectivity index (χ1n) is 5.66. The molecule has 0 amide bonds. The Morgan fingerprint density at radius 3 is 2.53 bits per heavy atom. The van der Waals surface area contributed by atoms with E-state index in [1.165, 1.54) is 13.4 Å². The molecule has 1 aromatic heterocycles. The third kappa shape index (κ3) is 2.76. The smallest absolute Gasteiger partial charge is 0.242 e. The first-order valence-corrected chi connectivity index (χ1v) is 5.66. The van der Waals surface area contributed by atoms with Gasteiger partial charge in [-0.25, -0.2) is 4.98 Å². The van der Waals surface area contributed by atoms with Gasteiger partial charge in [0.15, 0.2) is 5.82 Å². The number of methoxy groups -OCH3 is 1. The summed E-state index contributed by atoms with van der Waals surface area (Å²) in [6.45, 7) is 4.02. The van der Waals surface area contributed by atoms with Crippen molar-refractivity contribution < 1.29 is 9.84 Å². The molecule has 0 radical (unpaired) electrons. The maximum absolute atomic E-state index is 9.48. The third-order valence-corrected chi connectivity index (χ3v) is 3.08. The molecular formula is C11H20N4O2. The minimum absolute atomic E-state index is 0.0196. The number of aliphatic hydroxyl groups is 1. The first kappa shape index (κ1) is 13.5. The third-order valence-electron chi connectivity index (χ3n) is 3.08. The summed E-state index contributed by atoms with van der Waals surface area (Å²) in [6, 6.07) is 0. The van der Waals surface area contributed by atoms with E-state index in [2.05, 4.69) is 15.3 Å². The average molecular weight is 240 g/mol. The maximum Gasteiger partial charge on any atom is 0.242 e. The van der Waals surface area contributed by atoms with E-state index < -0.39 is 5.54 Å². The van der Waals surface area contributed by atoms with Crippen LogP contribution in [-0.4, -0.2) is 34.3 Å². The van der Waals surface area contributed by atoms with Crippen LogP contribution in [0.4, 0.5) is 11.5 Å². The number of aromatic nitrogens is 2. The average Bonchev–Trinajstić information content (AvgIpc) is 2.38. The van der Waals surface area contributed by atoms with E-state index in [1.807, 2.05) is 13.8 Å². The van der Waals surface area contributed by atoms with Crippen molar-refractivity contribution in [3.8, 4) is 5.88 Å². The Kier molecular flexibility index (Phi) is 4.51.